The first-order valence-corrected chi connectivity index (χ1v) is 4.36. The van der Waals surface area contributed by atoms with Gasteiger partial charge in [0.25, 0.3) is 0 Å². The molecule has 0 fully saturated rings. The van der Waals surface area contributed by atoms with Crippen LogP contribution in [0, 0.1) is 0 Å². The van der Waals surface area contributed by atoms with Gasteiger partial charge in [0.15, 0.2) is 0 Å². The number of ether oxygens (including phenoxy) is 2. The van der Waals surface area contributed by atoms with Crippen molar-refractivity contribution in [3.05, 3.63) is 35.6 Å². The van der Waals surface area contributed by atoms with E-state index < -0.39 is 0 Å². The lowest BCUT2D eigenvalue weighted by Crippen LogP contribution is -2.05. The van der Waals surface area contributed by atoms with Gasteiger partial charge < -0.3 is 9.47 Å². The Bertz CT molecular complexity index is 394. The molecule has 3 heteroatoms. The minimum absolute atomic E-state index is 0.307. The highest BCUT2D eigenvalue weighted by atomic mass is 16.5. The molecule has 0 N–H and O–H groups in total. The summed E-state index contributed by atoms with van der Waals surface area (Å²) in [5.74, 6) is 0.285. The average Bonchev–Trinajstić information content (AvgIpc) is 2.18. The minimum Gasteiger partial charge on any atom is -0.496 e. The van der Waals surface area contributed by atoms with Crippen molar-refractivity contribution in [3.63, 3.8) is 0 Å². The fourth-order valence-corrected chi connectivity index (χ4v) is 1.40. The molecule has 0 saturated heterocycles. The van der Waals surface area contributed by atoms with Crippen molar-refractivity contribution < 1.29 is 14.3 Å². The Morgan fingerprint density at radius 1 is 1.50 bits per heavy atom. The molecule has 3 nitrogen and oxygen atoms in total. The first-order valence-electron chi connectivity index (χ1n) is 4.36. The molecule has 72 valence electrons. The third-order valence-corrected chi connectivity index (χ3v) is 1.98. The topological polar surface area (TPSA) is 35.5 Å². The van der Waals surface area contributed by atoms with Gasteiger partial charge in [-0.2, -0.15) is 0 Å². The Morgan fingerprint density at radius 2 is 2.36 bits per heavy atom. The summed E-state index contributed by atoms with van der Waals surface area (Å²) in [5.41, 5.74) is 1.96. The molecule has 1 heterocycles. The van der Waals surface area contributed by atoms with E-state index in [4.69, 9.17) is 9.47 Å². The molecule has 0 radical (unpaired) electrons. The number of hydrogen-bond donors (Lipinski definition) is 0. The molecule has 14 heavy (non-hydrogen) atoms. The molecule has 2 rings (SSSR count). The summed E-state index contributed by atoms with van der Waals surface area (Å²) in [5, 5.41) is 0. The highest BCUT2D eigenvalue weighted by molar-refractivity contribution is 5.72. The Balaban J connectivity index is 2.42. The summed E-state index contributed by atoms with van der Waals surface area (Å²) in [4.78, 5) is 10.8. The molecular formula is C11H10O3. The van der Waals surface area contributed by atoms with Crippen molar-refractivity contribution in [1.29, 1.82) is 0 Å². The normalized spacial score (nSPS) is 12.9. The van der Waals surface area contributed by atoms with Crippen LogP contribution in [0.25, 0.3) is 6.08 Å². The fourth-order valence-electron chi connectivity index (χ4n) is 1.40. The second-order valence-corrected chi connectivity index (χ2v) is 3.04. The van der Waals surface area contributed by atoms with Crippen LogP contribution in [-0.2, 0) is 16.1 Å². The Hall–Kier alpha value is -1.77. The van der Waals surface area contributed by atoms with Gasteiger partial charge in [-0.3, -0.25) is 4.79 Å². The first-order chi connectivity index (χ1) is 6.77. The van der Waals surface area contributed by atoms with Crippen molar-refractivity contribution in [1.82, 2.24) is 0 Å². The Kier molecular flexibility index (Phi) is 2.23. The summed E-state index contributed by atoms with van der Waals surface area (Å²) in [6.45, 7) is 1.92. The van der Waals surface area contributed by atoms with Gasteiger partial charge >= 0.3 is 5.97 Å². The molecule has 0 spiro atoms. The fraction of sp³-hybridized carbons (Fsp3) is 0.182. The zero-order valence-electron chi connectivity index (χ0n) is 7.82. The van der Waals surface area contributed by atoms with E-state index in [1.165, 1.54) is 6.92 Å². The lowest BCUT2D eigenvalue weighted by Gasteiger charge is -2.14. The van der Waals surface area contributed by atoms with Crippen LogP contribution >= 0.6 is 0 Å². The van der Waals surface area contributed by atoms with Crippen molar-refractivity contribution >= 4 is 12.0 Å². The second-order valence-electron chi connectivity index (χ2n) is 3.04. The third-order valence-electron chi connectivity index (χ3n) is 1.98. The smallest absolute Gasteiger partial charge is 0.308 e. The zero-order chi connectivity index (χ0) is 9.97. The van der Waals surface area contributed by atoms with Crippen molar-refractivity contribution in [2.24, 2.45) is 0 Å². The van der Waals surface area contributed by atoms with E-state index in [0.29, 0.717) is 12.4 Å². The van der Waals surface area contributed by atoms with Crippen LogP contribution in [0.3, 0.4) is 0 Å². The number of carbonyl (C=O) groups excluding carboxylic acids is 1. The quantitative estimate of drug-likeness (QED) is 0.502. The lowest BCUT2D eigenvalue weighted by atomic mass is 10.1. The van der Waals surface area contributed by atoms with Crippen LogP contribution in [-0.4, -0.2) is 5.97 Å². The van der Waals surface area contributed by atoms with Crippen LogP contribution < -0.4 is 4.74 Å². The standard InChI is InChI=1S/C11H10O3/c1-8(12)14-11-4-2-3-9-7-13-6-5-10(9)11/h2-6H,7H2,1H3. The summed E-state index contributed by atoms with van der Waals surface area (Å²) in [6, 6.07) is 5.57. The molecule has 0 unspecified atom stereocenters. The number of carbonyl (C=O) groups is 1. The molecule has 0 bridgehead atoms. The number of hydrogen-bond acceptors (Lipinski definition) is 3. The van der Waals surface area contributed by atoms with Crippen LogP contribution in [0.5, 0.6) is 5.75 Å². The van der Waals surface area contributed by atoms with Crippen molar-refractivity contribution in [3.8, 4) is 5.75 Å². The summed E-state index contributed by atoms with van der Waals surface area (Å²) in [7, 11) is 0. The van der Waals surface area contributed by atoms with Crippen LogP contribution in [0.2, 0.25) is 0 Å². The monoisotopic (exact) mass is 190 g/mol. The molecule has 1 aliphatic heterocycles. The van der Waals surface area contributed by atoms with E-state index in [2.05, 4.69) is 0 Å². The van der Waals surface area contributed by atoms with Crippen LogP contribution in [0.15, 0.2) is 24.5 Å². The molecule has 0 saturated carbocycles. The second kappa shape index (κ2) is 3.54. The number of benzene rings is 1. The maximum Gasteiger partial charge on any atom is 0.308 e. The molecule has 0 amide bonds. The molecule has 0 aromatic heterocycles. The summed E-state index contributed by atoms with van der Waals surface area (Å²) >= 11 is 0. The minimum atomic E-state index is -0.307. The lowest BCUT2D eigenvalue weighted by molar-refractivity contribution is -0.131. The summed E-state index contributed by atoms with van der Waals surface area (Å²) < 4.78 is 10.2. The van der Waals surface area contributed by atoms with E-state index in [-0.39, 0.29) is 5.97 Å². The SMILES string of the molecule is CC(=O)Oc1cccc2c1C=COC2. The zero-order valence-corrected chi connectivity index (χ0v) is 7.82. The van der Waals surface area contributed by atoms with Gasteiger partial charge in [0.2, 0.25) is 0 Å². The molecule has 1 aromatic carbocycles. The van der Waals surface area contributed by atoms with E-state index in [9.17, 15) is 4.79 Å². The van der Waals surface area contributed by atoms with Crippen LogP contribution in [0.4, 0.5) is 0 Å². The van der Waals surface area contributed by atoms with Gasteiger partial charge in [0.05, 0.1) is 6.26 Å². The van der Waals surface area contributed by atoms with Crippen molar-refractivity contribution in [2.45, 2.75) is 13.5 Å². The molecule has 0 atom stereocenters. The number of esters is 1. The van der Waals surface area contributed by atoms with E-state index in [1.54, 1.807) is 18.4 Å². The van der Waals surface area contributed by atoms with Gasteiger partial charge in [0.1, 0.15) is 12.4 Å². The van der Waals surface area contributed by atoms with Crippen molar-refractivity contribution in [2.75, 3.05) is 0 Å². The maximum atomic E-state index is 10.8. The van der Waals surface area contributed by atoms with E-state index >= 15 is 0 Å². The largest absolute Gasteiger partial charge is 0.496 e. The predicted octanol–water partition coefficient (Wildman–Crippen LogP) is 2.11. The molecule has 1 aliphatic rings. The molecule has 0 aliphatic carbocycles. The highest BCUT2D eigenvalue weighted by Crippen LogP contribution is 2.27. The van der Waals surface area contributed by atoms with E-state index in [0.717, 1.165) is 11.1 Å². The Labute approximate surface area is 81.9 Å². The molecule has 1 aromatic rings. The predicted molar refractivity (Wildman–Crippen MR) is 51.6 cm³/mol. The maximum absolute atomic E-state index is 10.8. The third kappa shape index (κ3) is 1.62. The van der Waals surface area contributed by atoms with E-state index in [1.807, 2.05) is 12.1 Å². The number of rotatable bonds is 1. The first kappa shape index (κ1) is 8.81. The molecular weight excluding hydrogens is 180 g/mol. The van der Waals surface area contributed by atoms with Gasteiger partial charge in [-0.25, -0.2) is 0 Å². The highest BCUT2D eigenvalue weighted by Gasteiger charge is 2.11. The summed E-state index contributed by atoms with van der Waals surface area (Å²) in [6.07, 6.45) is 3.41. The van der Waals surface area contributed by atoms with Gasteiger partial charge in [-0.1, -0.05) is 12.1 Å². The van der Waals surface area contributed by atoms with Gasteiger partial charge in [-0.15, -0.1) is 0 Å². The Morgan fingerprint density at radius 3 is 3.14 bits per heavy atom. The van der Waals surface area contributed by atoms with Gasteiger partial charge in [0, 0.05) is 18.1 Å². The van der Waals surface area contributed by atoms with Crippen LogP contribution in [0.1, 0.15) is 18.1 Å². The average molecular weight is 190 g/mol. The number of fused-ring (bicyclic) bond motifs is 1. The van der Waals surface area contributed by atoms with Gasteiger partial charge in [-0.05, 0) is 12.1 Å².